The quantitative estimate of drug-likeness (QED) is 0.792. The van der Waals surface area contributed by atoms with Crippen LogP contribution in [-0.4, -0.2) is 12.3 Å². The van der Waals surface area contributed by atoms with Gasteiger partial charge in [-0.2, -0.15) is 0 Å². The van der Waals surface area contributed by atoms with E-state index in [2.05, 4.69) is 41.9 Å². The van der Waals surface area contributed by atoms with E-state index in [0.29, 0.717) is 0 Å². The van der Waals surface area contributed by atoms with Gasteiger partial charge in [0.05, 0.1) is 0 Å². The topological polar surface area (TPSA) is 21.3 Å². The third-order valence-corrected chi connectivity index (χ3v) is 4.11. The van der Waals surface area contributed by atoms with E-state index in [9.17, 15) is 0 Å². The maximum absolute atomic E-state index is 5.90. The largest absolute Gasteiger partial charge is 0.457 e. The Bertz CT molecular complexity index is 563. The van der Waals surface area contributed by atoms with Gasteiger partial charge in [0.25, 0.3) is 0 Å². The van der Waals surface area contributed by atoms with E-state index in [0.717, 1.165) is 24.1 Å². The van der Waals surface area contributed by atoms with Crippen molar-refractivity contribution in [3.05, 3.63) is 54.1 Å². The number of nitrogens with one attached hydrogen (secondary N) is 1. The van der Waals surface area contributed by atoms with Crippen molar-refractivity contribution >= 4 is 11.8 Å². The van der Waals surface area contributed by atoms with Crippen molar-refractivity contribution in [2.45, 2.75) is 30.3 Å². The van der Waals surface area contributed by atoms with Crippen LogP contribution in [-0.2, 0) is 6.54 Å². The lowest BCUT2D eigenvalue weighted by molar-refractivity contribution is 0.481. The molecule has 0 radical (unpaired) electrons. The van der Waals surface area contributed by atoms with Gasteiger partial charge in [0.1, 0.15) is 11.5 Å². The lowest BCUT2D eigenvalue weighted by Crippen LogP contribution is -2.15. The van der Waals surface area contributed by atoms with Crippen LogP contribution in [0.5, 0.6) is 11.5 Å². The van der Waals surface area contributed by atoms with E-state index in [-0.39, 0.29) is 0 Å². The summed E-state index contributed by atoms with van der Waals surface area (Å²) in [6, 6.07) is 17.2. The molecule has 2 aromatic rings. The summed E-state index contributed by atoms with van der Waals surface area (Å²) >= 11 is 1.74. The van der Waals surface area contributed by atoms with Gasteiger partial charge in [0.2, 0.25) is 0 Å². The highest BCUT2D eigenvalue weighted by atomic mass is 32.2. The highest BCUT2D eigenvalue weighted by molar-refractivity contribution is 7.98. The minimum absolute atomic E-state index is 0.735. The van der Waals surface area contributed by atoms with Crippen LogP contribution in [0.3, 0.4) is 0 Å². The molecule has 0 aliphatic heterocycles. The van der Waals surface area contributed by atoms with Gasteiger partial charge in [0, 0.05) is 17.5 Å². The van der Waals surface area contributed by atoms with Gasteiger partial charge in [0.15, 0.2) is 0 Å². The number of thioether (sulfide) groups is 1. The number of hydrogen-bond acceptors (Lipinski definition) is 3. The summed E-state index contributed by atoms with van der Waals surface area (Å²) < 4.78 is 5.90. The molecule has 0 unspecified atom stereocenters. The third kappa shape index (κ3) is 3.78. The molecule has 0 aromatic heterocycles. The molecule has 0 bridgehead atoms. The Kier molecular flexibility index (Phi) is 4.28. The minimum atomic E-state index is 0.735. The van der Waals surface area contributed by atoms with Crippen LogP contribution in [0.25, 0.3) is 0 Å². The Morgan fingerprint density at radius 2 is 1.90 bits per heavy atom. The highest BCUT2D eigenvalue weighted by Crippen LogP contribution is 2.25. The Labute approximate surface area is 124 Å². The zero-order valence-corrected chi connectivity index (χ0v) is 12.5. The highest BCUT2D eigenvalue weighted by Gasteiger charge is 2.19. The maximum atomic E-state index is 5.90. The second-order valence-electron chi connectivity index (χ2n) is 5.08. The lowest BCUT2D eigenvalue weighted by Gasteiger charge is -2.08. The van der Waals surface area contributed by atoms with Crippen LogP contribution in [0.2, 0.25) is 0 Å². The van der Waals surface area contributed by atoms with Crippen LogP contribution in [0.4, 0.5) is 0 Å². The van der Waals surface area contributed by atoms with Crippen LogP contribution >= 0.6 is 11.8 Å². The van der Waals surface area contributed by atoms with Crippen LogP contribution < -0.4 is 10.1 Å². The predicted molar refractivity (Wildman–Crippen MR) is 84.6 cm³/mol. The Morgan fingerprint density at radius 1 is 1.10 bits per heavy atom. The van der Waals surface area contributed by atoms with Gasteiger partial charge in [-0.25, -0.2) is 0 Å². The van der Waals surface area contributed by atoms with Gasteiger partial charge < -0.3 is 10.1 Å². The summed E-state index contributed by atoms with van der Waals surface area (Å²) in [5, 5.41) is 3.52. The molecule has 1 saturated carbocycles. The van der Waals surface area contributed by atoms with Crippen molar-refractivity contribution in [1.82, 2.24) is 5.32 Å². The van der Waals surface area contributed by atoms with Crippen molar-refractivity contribution in [3.8, 4) is 11.5 Å². The lowest BCUT2D eigenvalue weighted by atomic mass is 10.2. The summed E-state index contributed by atoms with van der Waals surface area (Å²) in [7, 11) is 0. The van der Waals surface area contributed by atoms with Gasteiger partial charge in [-0.05, 0) is 61.1 Å². The van der Waals surface area contributed by atoms with Crippen molar-refractivity contribution in [3.63, 3.8) is 0 Å². The maximum Gasteiger partial charge on any atom is 0.127 e. The first-order valence-electron chi connectivity index (χ1n) is 6.98. The molecule has 1 N–H and O–H groups in total. The van der Waals surface area contributed by atoms with Crippen LogP contribution in [0.15, 0.2) is 53.4 Å². The summed E-state index contributed by atoms with van der Waals surface area (Å²) in [4.78, 5) is 1.25. The molecule has 3 heteroatoms. The Balaban J connectivity index is 1.64. The first-order chi connectivity index (χ1) is 9.83. The fraction of sp³-hybridized carbons (Fsp3) is 0.294. The SMILES string of the molecule is CSc1ccc(Oc2cccc(CNC3CC3)c2)cc1. The molecule has 2 nitrogen and oxygen atoms in total. The number of hydrogen-bond donors (Lipinski definition) is 1. The molecule has 2 aromatic carbocycles. The third-order valence-electron chi connectivity index (χ3n) is 3.37. The molecule has 0 amide bonds. The van der Waals surface area contributed by atoms with Gasteiger partial charge in [-0.15, -0.1) is 11.8 Å². The molecule has 104 valence electrons. The standard InChI is InChI=1S/C17H19NOS/c1-20-17-9-7-15(8-10-17)19-16-4-2-3-13(11-16)12-18-14-5-6-14/h2-4,7-11,14,18H,5-6,12H2,1H3. The molecule has 0 heterocycles. The summed E-state index contributed by atoms with van der Waals surface area (Å²) in [6.45, 7) is 0.924. The average Bonchev–Trinajstić information content (AvgIpc) is 3.31. The molecule has 0 atom stereocenters. The van der Waals surface area contributed by atoms with Gasteiger partial charge >= 0.3 is 0 Å². The second-order valence-corrected chi connectivity index (χ2v) is 5.96. The van der Waals surface area contributed by atoms with Crippen LogP contribution in [0, 0.1) is 0 Å². The summed E-state index contributed by atoms with van der Waals surface area (Å²) in [6.07, 6.45) is 4.71. The molecule has 1 aliphatic rings. The zero-order chi connectivity index (χ0) is 13.8. The molecular formula is C17H19NOS. The van der Waals surface area contributed by atoms with Crippen molar-refractivity contribution in [2.24, 2.45) is 0 Å². The monoisotopic (exact) mass is 285 g/mol. The molecule has 1 aliphatic carbocycles. The molecule has 1 fully saturated rings. The van der Waals surface area contributed by atoms with Crippen molar-refractivity contribution < 1.29 is 4.74 Å². The fourth-order valence-corrected chi connectivity index (χ4v) is 2.46. The smallest absolute Gasteiger partial charge is 0.127 e. The summed E-state index contributed by atoms with van der Waals surface area (Å²) in [5.74, 6) is 1.78. The minimum Gasteiger partial charge on any atom is -0.457 e. The predicted octanol–water partition coefficient (Wildman–Crippen LogP) is 4.45. The zero-order valence-electron chi connectivity index (χ0n) is 11.6. The van der Waals surface area contributed by atoms with Crippen molar-refractivity contribution in [1.29, 1.82) is 0 Å². The first kappa shape index (κ1) is 13.5. The molecule has 0 spiro atoms. The molecule has 20 heavy (non-hydrogen) atoms. The second kappa shape index (κ2) is 6.33. The molecule has 0 saturated heterocycles. The first-order valence-corrected chi connectivity index (χ1v) is 8.20. The van der Waals surface area contributed by atoms with Crippen LogP contribution in [0.1, 0.15) is 18.4 Å². The van der Waals surface area contributed by atoms with Gasteiger partial charge in [-0.3, -0.25) is 0 Å². The number of ether oxygens (including phenoxy) is 1. The molecular weight excluding hydrogens is 266 g/mol. The molecule has 3 rings (SSSR count). The average molecular weight is 285 g/mol. The van der Waals surface area contributed by atoms with Crippen molar-refractivity contribution in [2.75, 3.05) is 6.26 Å². The Hall–Kier alpha value is -1.45. The van der Waals surface area contributed by atoms with E-state index in [1.54, 1.807) is 11.8 Å². The fourth-order valence-electron chi connectivity index (χ4n) is 2.05. The number of rotatable bonds is 6. The summed E-state index contributed by atoms with van der Waals surface area (Å²) in [5.41, 5.74) is 1.27. The van der Waals surface area contributed by atoms with E-state index < -0.39 is 0 Å². The van der Waals surface area contributed by atoms with E-state index in [4.69, 9.17) is 4.74 Å². The van der Waals surface area contributed by atoms with E-state index in [1.165, 1.54) is 23.3 Å². The Morgan fingerprint density at radius 3 is 2.60 bits per heavy atom. The van der Waals surface area contributed by atoms with E-state index >= 15 is 0 Å². The van der Waals surface area contributed by atoms with Gasteiger partial charge in [-0.1, -0.05) is 12.1 Å². The number of benzene rings is 2. The normalized spacial score (nSPS) is 14.2. The van der Waals surface area contributed by atoms with E-state index in [1.807, 2.05) is 18.2 Å².